The largest absolute Gasteiger partial charge is 0.480 e. The molecule has 0 bridgehead atoms. The van der Waals surface area contributed by atoms with E-state index in [2.05, 4.69) is 32.1 Å². The molecule has 20 heavy (non-hydrogen) atoms. The van der Waals surface area contributed by atoms with Crippen molar-refractivity contribution >= 4 is 11.5 Å². The van der Waals surface area contributed by atoms with E-state index < -0.39 is 12.0 Å². The van der Waals surface area contributed by atoms with E-state index in [4.69, 9.17) is 10.8 Å². The maximum absolute atomic E-state index is 10.7. The number of rotatable bonds is 4. The summed E-state index contributed by atoms with van der Waals surface area (Å²) in [4.78, 5) is 10.7. The molecule has 106 valence electrons. The van der Waals surface area contributed by atoms with Crippen LogP contribution in [0.4, 0.5) is 0 Å². The van der Waals surface area contributed by atoms with E-state index in [1.807, 2.05) is 24.3 Å². The van der Waals surface area contributed by atoms with Gasteiger partial charge in [-0.15, -0.1) is 0 Å². The van der Waals surface area contributed by atoms with Gasteiger partial charge in [-0.3, -0.25) is 4.79 Å². The van der Waals surface area contributed by atoms with E-state index >= 15 is 0 Å². The van der Waals surface area contributed by atoms with Crippen LogP contribution in [0, 0.1) is 5.41 Å². The third kappa shape index (κ3) is 3.58. The minimum atomic E-state index is -0.962. The molecule has 1 atom stereocenters. The Morgan fingerprint density at radius 3 is 2.55 bits per heavy atom. The van der Waals surface area contributed by atoms with Crippen LogP contribution in [0.15, 0.2) is 42.5 Å². The fourth-order valence-electron chi connectivity index (χ4n) is 2.43. The number of carboxylic acids is 1. The summed E-state index contributed by atoms with van der Waals surface area (Å²) >= 11 is 0. The average Bonchev–Trinajstić information content (AvgIpc) is 2.38. The minimum Gasteiger partial charge on any atom is -0.480 e. The smallest absolute Gasteiger partial charge is 0.320 e. The van der Waals surface area contributed by atoms with E-state index in [0.717, 1.165) is 12.0 Å². The van der Waals surface area contributed by atoms with Crippen molar-refractivity contribution in [1.29, 1.82) is 0 Å². The zero-order valence-electron chi connectivity index (χ0n) is 12.0. The Morgan fingerprint density at radius 2 is 2.00 bits per heavy atom. The summed E-state index contributed by atoms with van der Waals surface area (Å²) < 4.78 is 0. The molecule has 1 aliphatic rings. The molecule has 0 fully saturated rings. The Labute approximate surface area is 119 Å². The molecule has 0 amide bonds. The zero-order valence-corrected chi connectivity index (χ0v) is 12.0. The van der Waals surface area contributed by atoms with Crippen molar-refractivity contribution in [3.05, 3.63) is 53.6 Å². The highest BCUT2D eigenvalue weighted by Crippen LogP contribution is 2.35. The normalized spacial score (nSPS) is 18.4. The molecule has 0 saturated heterocycles. The van der Waals surface area contributed by atoms with Gasteiger partial charge in [0, 0.05) is 0 Å². The molecule has 3 heteroatoms. The Morgan fingerprint density at radius 1 is 1.35 bits per heavy atom. The first-order valence-corrected chi connectivity index (χ1v) is 6.83. The second-order valence-corrected chi connectivity index (χ2v) is 6.06. The molecule has 1 aliphatic carbocycles. The molecule has 0 saturated carbocycles. The van der Waals surface area contributed by atoms with Crippen LogP contribution in [0.3, 0.4) is 0 Å². The Bertz CT molecular complexity index is 553. The summed E-state index contributed by atoms with van der Waals surface area (Å²) in [5, 5.41) is 8.82. The summed E-state index contributed by atoms with van der Waals surface area (Å²) in [5.41, 5.74) is 9.19. The molecule has 3 N–H and O–H groups in total. The molecule has 0 aliphatic heterocycles. The van der Waals surface area contributed by atoms with E-state index in [9.17, 15) is 4.79 Å². The predicted octanol–water partition coefficient (Wildman–Crippen LogP) is 3.01. The lowest BCUT2D eigenvalue weighted by atomic mass is 9.80. The van der Waals surface area contributed by atoms with Gasteiger partial charge in [0.15, 0.2) is 0 Å². The number of carbonyl (C=O) groups is 1. The van der Waals surface area contributed by atoms with Gasteiger partial charge in [-0.05, 0) is 35.0 Å². The third-order valence-electron chi connectivity index (χ3n) is 3.59. The second kappa shape index (κ2) is 5.63. The van der Waals surface area contributed by atoms with Crippen molar-refractivity contribution in [1.82, 2.24) is 0 Å². The minimum absolute atomic E-state index is 0.189. The monoisotopic (exact) mass is 271 g/mol. The number of benzene rings is 1. The number of allylic oxidation sites excluding steroid dienone is 4. The van der Waals surface area contributed by atoms with Gasteiger partial charge in [-0.1, -0.05) is 56.3 Å². The number of carboxylic acid groups (broad SMARTS) is 1. The molecular weight excluding hydrogens is 250 g/mol. The fourth-order valence-corrected chi connectivity index (χ4v) is 2.43. The molecule has 2 rings (SSSR count). The second-order valence-electron chi connectivity index (χ2n) is 6.06. The number of hydrogen-bond donors (Lipinski definition) is 2. The topological polar surface area (TPSA) is 63.3 Å². The van der Waals surface area contributed by atoms with Crippen LogP contribution in [0.25, 0.3) is 5.57 Å². The Kier molecular flexibility index (Phi) is 4.09. The molecule has 0 aromatic heterocycles. The predicted molar refractivity (Wildman–Crippen MR) is 81.3 cm³/mol. The summed E-state index contributed by atoms with van der Waals surface area (Å²) in [6, 6.07) is 7.18. The standard InChI is InChI=1S/C17H21NO2/c1-17(2)9-3-4-14(11-17)13-7-5-12(6-8-13)10-15(18)16(19)20/h3-9,15H,10-11,18H2,1-2H3,(H,19,20). The molecule has 0 radical (unpaired) electrons. The summed E-state index contributed by atoms with van der Waals surface area (Å²) in [5.74, 6) is -0.962. The van der Waals surface area contributed by atoms with Crippen LogP contribution in [0.5, 0.6) is 0 Å². The van der Waals surface area contributed by atoms with Gasteiger partial charge in [0.05, 0.1) is 0 Å². The summed E-state index contributed by atoms with van der Waals surface area (Å²) in [6.45, 7) is 4.44. The van der Waals surface area contributed by atoms with Crippen molar-refractivity contribution in [3.8, 4) is 0 Å². The Balaban J connectivity index is 2.11. The van der Waals surface area contributed by atoms with E-state index in [-0.39, 0.29) is 5.41 Å². The molecule has 0 spiro atoms. The van der Waals surface area contributed by atoms with Crippen molar-refractivity contribution in [3.63, 3.8) is 0 Å². The van der Waals surface area contributed by atoms with Crippen LogP contribution in [0.1, 0.15) is 31.4 Å². The summed E-state index contributed by atoms with van der Waals surface area (Å²) in [7, 11) is 0. The maximum Gasteiger partial charge on any atom is 0.320 e. The lowest BCUT2D eigenvalue weighted by molar-refractivity contribution is -0.138. The van der Waals surface area contributed by atoms with Gasteiger partial charge in [-0.25, -0.2) is 0 Å². The molecule has 0 heterocycles. The van der Waals surface area contributed by atoms with Crippen molar-refractivity contribution in [2.24, 2.45) is 11.1 Å². The zero-order chi connectivity index (χ0) is 14.8. The highest BCUT2D eigenvalue weighted by molar-refractivity contribution is 5.73. The van der Waals surface area contributed by atoms with Crippen LogP contribution in [-0.2, 0) is 11.2 Å². The number of nitrogens with two attached hydrogens (primary N) is 1. The first-order chi connectivity index (χ1) is 9.37. The van der Waals surface area contributed by atoms with Crippen molar-refractivity contribution in [2.75, 3.05) is 0 Å². The van der Waals surface area contributed by atoms with Crippen LogP contribution in [-0.4, -0.2) is 17.1 Å². The van der Waals surface area contributed by atoms with Crippen LogP contribution in [0.2, 0.25) is 0 Å². The number of hydrogen-bond acceptors (Lipinski definition) is 2. The first-order valence-electron chi connectivity index (χ1n) is 6.83. The molecule has 3 nitrogen and oxygen atoms in total. The van der Waals surface area contributed by atoms with Gasteiger partial charge >= 0.3 is 5.97 Å². The van der Waals surface area contributed by atoms with Gasteiger partial charge < -0.3 is 10.8 Å². The van der Waals surface area contributed by atoms with Crippen molar-refractivity contribution < 1.29 is 9.90 Å². The van der Waals surface area contributed by atoms with Crippen LogP contribution >= 0.6 is 0 Å². The van der Waals surface area contributed by atoms with Gasteiger partial charge in [0.25, 0.3) is 0 Å². The van der Waals surface area contributed by atoms with Gasteiger partial charge in [-0.2, -0.15) is 0 Å². The average molecular weight is 271 g/mol. The highest BCUT2D eigenvalue weighted by atomic mass is 16.4. The fraction of sp³-hybridized carbons (Fsp3) is 0.353. The molecule has 1 aromatic carbocycles. The van der Waals surface area contributed by atoms with E-state index in [1.54, 1.807) is 0 Å². The maximum atomic E-state index is 10.7. The molecule has 1 aromatic rings. The first kappa shape index (κ1) is 14.5. The molecule has 1 unspecified atom stereocenters. The van der Waals surface area contributed by atoms with E-state index in [1.165, 1.54) is 11.1 Å². The summed E-state index contributed by atoms with van der Waals surface area (Å²) in [6.07, 6.45) is 7.84. The Hall–Kier alpha value is -1.87. The quantitative estimate of drug-likeness (QED) is 0.884. The van der Waals surface area contributed by atoms with Gasteiger partial charge in [0.2, 0.25) is 0 Å². The van der Waals surface area contributed by atoms with E-state index in [0.29, 0.717) is 6.42 Å². The van der Waals surface area contributed by atoms with Crippen LogP contribution < -0.4 is 5.73 Å². The lowest BCUT2D eigenvalue weighted by Crippen LogP contribution is -2.32. The van der Waals surface area contributed by atoms with Crippen molar-refractivity contribution in [2.45, 2.75) is 32.7 Å². The highest BCUT2D eigenvalue weighted by Gasteiger charge is 2.19. The van der Waals surface area contributed by atoms with Gasteiger partial charge in [0.1, 0.15) is 6.04 Å². The number of aliphatic carboxylic acids is 1. The lowest BCUT2D eigenvalue weighted by Gasteiger charge is -2.25. The molecular formula is C17H21NO2. The SMILES string of the molecule is CC1(C)C=CC=C(c2ccc(CC(N)C(=O)O)cc2)C1. The third-order valence-corrected chi connectivity index (χ3v) is 3.59.